The van der Waals surface area contributed by atoms with Gasteiger partial charge in [-0.25, -0.2) is 4.79 Å². The Morgan fingerprint density at radius 1 is 0.933 bits per heavy atom. The highest BCUT2D eigenvalue weighted by Crippen LogP contribution is 2.34. The third-order valence-corrected chi connectivity index (χ3v) is 6.49. The van der Waals surface area contributed by atoms with Crippen LogP contribution in [0.4, 0.5) is 4.79 Å². The normalized spacial score (nSPS) is 26.5. The predicted octanol–water partition coefficient (Wildman–Crippen LogP) is 4.47. The highest BCUT2D eigenvalue weighted by molar-refractivity contribution is 5.68. The summed E-state index contributed by atoms with van der Waals surface area (Å²) in [6, 6.07) is 20.3. The first-order valence-corrected chi connectivity index (χ1v) is 11.1. The van der Waals surface area contributed by atoms with Gasteiger partial charge in [0.05, 0.1) is 18.8 Å². The Labute approximate surface area is 179 Å². The fourth-order valence-electron chi connectivity index (χ4n) is 4.64. The van der Waals surface area contributed by atoms with E-state index in [1.165, 1.54) is 5.56 Å². The molecule has 30 heavy (non-hydrogen) atoms. The molecule has 0 bridgehead atoms. The predicted molar refractivity (Wildman–Crippen MR) is 117 cm³/mol. The number of benzene rings is 2. The topological polar surface area (TPSA) is 64.8 Å². The molecule has 160 valence electrons. The van der Waals surface area contributed by atoms with E-state index in [9.17, 15) is 4.79 Å². The van der Waals surface area contributed by atoms with Crippen molar-refractivity contribution in [2.45, 2.75) is 62.8 Å². The molecular formula is C25H32N2O3. The van der Waals surface area contributed by atoms with Crippen molar-refractivity contribution in [3.05, 3.63) is 71.8 Å². The van der Waals surface area contributed by atoms with Gasteiger partial charge >= 0.3 is 6.09 Å². The molecule has 0 spiro atoms. The number of nitrogens with two attached hydrogens (primary N) is 1. The molecule has 1 heterocycles. The molecule has 1 aliphatic carbocycles. The van der Waals surface area contributed by atoms with E-state index in [1.54, 1.807) is 4.90 Å². The van der Waals surface area contributed by atoms with E-state index in [-0.39, 0.29) is 30.9 Å². The van der Waals surface area contributed by atoms with Crippen LogP contribution in [0.25, 0.3) is 0 Å². The second kappa shape index (κ2) is 10.1. The van der Waals surface area contributed by atoms with E-state index in [4.69, 9.17) is 15.2 Å². The lowest BCUT2D eigenvalue weighted by molar-refractivity contribution is -0.00675. The molecule has 0 aromatic heterocycles. The molecule has 0 unspecified atom stereocenters. The third kappa shape index (κ3) is 5.21. The van der Waals surface area contributed by atoms with Crippen molar-refractivity contribution in [2.24, 2.45) is 5.73 Å². The number of hydrogen-bond donors (Lipinski definition) is 1. The van der Waals surface area contributed by atoms with Gasteiger partial charge in [-0.15, -0.1) is 0 Å². The zero-order valence-electron chi connectivity index (χ0n) is 17.5. The van der Waals surface area contributed by atoms with Crippen LogP contribution in [0.1, 0.15) is 49.1 Å². The Hall–Kier alpha value is -2.37. The summed E-state index contributed by atoms with van der Waals surface area (Å²) in [5, 5.41) is 0. The van der Waals surface area contributed by atoms with Crippen molar-refractivity contribution in [1.29, 1.82) is 0 Å². The average Bonchev–Trinajstić information content (AvgIpc) is 3.18. The van der Waals surface area contributed by atoms with Gasteiger partial charge in [0.15, 0.2) is 0 Å². The molecule has 5 heteroatoms. The van der Waals surface area contributed by atoms with Crippen LogP contribution in [0, 0.1) is 0 Å². The number of carbonyl (C=O) groups is 1. The first kappa shape index (κ1) is 20.9. The number of hydrogen-bond acceptors (Lipinski definition) is 4. The molecule has 2 atom stereocenters. The van der Waals surface area contributed by atoms with Crippen molar-refractivity contribution < 1.29 is 14.3 Å². The number of carbonyl (C=O) groups excluding carboxylic acids is 1. The van der Waals surface area contributed by atoms with Gasteiger partial charge in [-0.05, 0) is 49.1 Å². The van der Waals surface area contributed by atoms with Gasteiger partial charge in [0, 0.05) is 12.6 Å². The Bertz CT molecular complexity index is 791. The molecule has 5 nitrogen and oxygen atoms in total. The second-order valence-electron chi connectivity index (χ2n) is 8.47. The summed E-state index contributed by atoms with van der Waals surface area (Å²) in [6.45, 7) is 1.40. The van der Waals surface area contributed by atoms with Gasteiger partial charge < -0.3 is 20.1 Å². The molecule has 2 aliphatic rings. The average molecular weight is 409 g/mol. The summed E-state index contributed by atoms with van der Waals surface area (Å²) in [7, 11) is 0. The van der Waals surface area contributed by atoms with Gasteiger partial charge in [0.1, 0.15) is 6.61 Å². The Morgan fingerprint density at radius 3 is 2.30 bits per heavy atom. The molecule has 2 N–H and O–H groups in total. The van der Waals surface area contributed by atoms with E-state index < -0.39 is 0 Å². The zero-order valence-corrected chi connectivity index (χ0v) is 17.5. The maximum absolute atomic E-state index is 12.6. The second-order valence-corrected chi connectivity index (χ2v) is 8.47. The molecule has 1 saturated carbocycles. The lowest BCUT2D eigenvalue weighted by Gasteiger charge is -2.32. The SMILES string of the molecule is N[C@@H]1CCN(C(=O)OCc2ccccc2)[C@@H]1COC1CCC(c2ccccc2)CC1. The van der Waals surface area contributed by atoms with Crippen LogP contribution in [-0.4, -0.2) is 42.3 Å². The minimum absolute atomic E-state index is 0.0602. The van der Waals surface area contributed by atoms with Gasteiger partial charge in [-0.3, -0.25) is 0 Å². The smallest absolute Gasteiger partial charge is 0.410 e. The summed E-state index contributed by atoms with van der Waals surface area (Å²) in [4.78, 5) is 14.4. The fourth-order valence-corrected chi connectivity index (χ4v) is 4.64. The Kier molecular flexibility index (Phi) is 7.03. The van der Waals surface area contributed by atoms with Gasteiger partial charge in [-0.2, -0.15) is 0 Å². The number of ether oxygens (including phenoxy) is 2. The molecule has 0 radical (unpaired) electrons. The standard InChI is InChI=1S/C25H32N2O3/c26-23-15-16-27(25(28)30-17-19-7-3-1-4-8-19)24(23)18-29-22-13-11-21(12-14-22)20-9-5-2-6-10-20/h1-10,21-24H,11-18,26H2/t21?,22?,23-,24-/m1/s1. The summed E-state index contributed by atoms with van der Waals surface area (Å²) in [5.41, 5.74) is 8.71. The lowest BCUT2D eigenvalue weighted by atomic mass is 9.83. The van der Waals surface area contributed by atoms with Crippen LogP contribution in [0.2, 0.25) is 0 Å². The van der Waals surface area contributed by atoms with Crippen LogP contribution >= 0.6 is 0 Å². The summed E-state index contributed by atoms with van der Waals surface area (Å²) >= 11 is 0. The van der Waals surface area contributed by atoms with Gasteiger partial charge in [0.25, 0.3) is 0 Å². The zero-order chi connectivity index (χ0) is 20.8. The van der Waals surface area contributed by atoms with Crippen molar-refractivity contribution >= 4 is 6.09 Å². The van der Waals surface area contributed by atoms with Gasteiger partial charge in [-0.1, -0.05) is 60.7 Å². The Balaban J connectivity index is 1.24. The highest BCUT2D eigenvalue weighted by Gasteiger charge is 2.37. The van der Waals surface area contributed by atoms with E-state index in [0.29, 0.717) is 19.1 Å². The first-order chi connectivity index (χ1) is 14.7. The minimum Gasteiger partial charge on any atom is -0.445 e. The maximum atomic E-state index is 12.6. The monoisotopic (exact) mass is 408 g/mol. The number of rotatable bonds is 6. The lowest BCUT2D eigenvalue weighted by Crippen LogP contribution is -2.46. The number of amides is 1. The number of nitrogens with zero attached hydrogens (tertiary/aromatic N) is 1. The van der Waals surface area contributed by atoms with E-state index in [1.807, 2.05) is 30.3 Å². The van der Waals surface area contributed by atoms with Crippen LogP contribution in [-0.2, 0) is 16.1 Å². The highest BCUT2D eigenvalue weighted by atomic mass is 16.6. The Morgan fingerprint density at radius 2 is 1.60 bits per heavy atom. The largest absolute Gasteiger partial charge is 0.445 e. The first-order valence-electron chi connectivity index (χ1n) is 11.1. The number of likely N-dealkylation sites (tertiary alicyclic amines) is 1. The van der Waals surface area contributed by atoms with E-state index >= 15 is 0 Å². The summed E-state index contributed by atoms with van der Waals surface area (Å²) < 4.78 is 11.8. The van der Waals surface area contributed by atoms with Gasteiger partial charge in [0.2, 0.25) is 0 Å². The van der Waals surface area contributed by atoms with E-state index in [0.717, 1.165) is 37.7 Å². The quantitative estimate of drug-likeness (QED) is 0.766. The molecule has 4 rings (SSSR count). The maximum Gasteiger partial charge on any atom is 0.410 e. The fraction of sp³-hybridized carbons (Fsp3) is 0.480. The molecule has 1 aliphatic heterocycles. The van der Waals surface area contributed by atoms with Crippen LogP contribution in [0.15, 0.2) is 60.7 Å². The van der Waals surface area contributed by atoms with Crippen LogP contribution < -0.4 is 5.73 Å². The molecule has 2 fully saturated rings. The van der Waals surface area contributed by atoms with E-state index in [2.05, 4.69) is 30.3 Å². The van der Waals surface area contributed by atoms with Crippen molar-refractivity contribution in [3.8, 4) is 0 Å². The minimum atomic E-state index is -0.298. The van der Waals surface area contributed by atoms with Crippen LogP contribution in [0.3, 0.4) is 0 Å². The van der Waals surface area contributed by atoms with Crippen molar-refractivity contribution in [1.82, 2.24) is 4.90 Å². The molecule has 2 aromatic rings. The molecular weight excluding hydrogens is 376 g/mol. The molecule has 1 saturated heterocycles. The molecule has 1 amide bonds. The summed E-state index contributed by atoms with van der Waals surface area (Å²) in [5.74, 6) is 0.629. The van der Waals surface area contributed by atoms with Crippen molar-refractivity contribution in [2.75, 3.05) is 13.2 Å². The van der Waals surface area contributed by atoms with Crippen molar-refractivity contribution in [3.63, 3.8) is 0 Å². The molecule has 2 aromatic carbocycles. The summed E-state index contributed by atoms with van der Waals surface area (Å²) in [6.07, 6.45) is 5.14. The third-order valence-electron chi connectivity index (χ3n) is 6.49. The van der Waals surface area contributed by atoms with Crippen LogP contribution in [0.5, 0.6) is 0 Å².